The molecule has 0 aromatic heterocycles. The van der Waals surface area contributed by atoms with E-state index in [1.54, 1.807) is 12.1 Å². The first kappa shape index (κ1) is 18.2. The van der Waals surface area contributed by atoms with Crippen molar-refractivity contribution in [3.63, 3.8) is 0 Å². The zero-order valence-electron chi connectivity index (χ0n) is 15.1. The normalized spacial score (nSPS) is 15.9. The van der Waals surface area contributed by atoms with Crippen LogP contribution in [0, 0.1) is 13.8 Å². The molecule has 2 aromatic rings. The Morgan fingerprint density at radius 1 is 1.04 bits per heavy atom. The number of benzene rings is 2. The number of nitrogens with zero attached hydrogens (tertiary/aromatic N) is 1. The zero-order chi connectivity index (χ0) is 19.7. The molecule has 2 N–H and O–H groups in total. The Morgan fingerprint density at radius 3 is 2.33 bits per heavy atom. The summed E-state index contributed by atoms with van der Waals surface area (Å²) in [4.78, 5) is 38.3. The minimum Gasteiger partial charge on any atom is -0.504 e. The van der Waals surface area contributed by atoms with E-state index < -0.39 is 17.8 Å². The van der Waals surface area contributed by atoms with Crippen molar-refractivity contribution in [3.05, 3.63) is 58.7 Å². The second kappa shape index (κ2) is 6.95. The third-order valence-corrected chi connectivity index (χ3v) is 4.08. The van der Waals surface area contributed by atoms with E-state index in [2.05, 4.69) is 5.32 Å². The number of carbonyl (C=O) groups excluding carboxylic acids is 3. The molecule has 0 radical (unpaired) electrons. The number of anilines is 1. The molecule has 0 spiro atoms. The molecule has 1 fully saturated rings. The average molecular weight is 366 g/mol. The van der Waals surface area contributed by atoms with Crippen LogP contribution in [-0.2, 0) is 9.59 Å². The smallest absolute Gasteiger partial charge is 0.335 e. The fourth-order valence-corrected chi connectivity index (χ4v) is 2.92. The van der Waals surface area contributed by atoms with Crippen LogP contribution in [0.25, 0.3) is 6.08 Å². The van der Waals surface area contributed by atoms with Crippen LogP contribution >= 0.6 is 0 Å². The molecule has 0 unspecified atom stereocenters. The van der Waals surface area contributed by atoms with Gasteiger partial charge in [0.25, 0.3) is 11.8 Å². The van der Waals surface area contributed by atoms with Crippen LogP contribution in [0.5, 0.6) is 11.5 Å². The molecular formula is C20H18N2O5. The lowest BCUT2D eigenvalue weighted by molar-refractivity contribution is -0.122. The van der Waals surface area contributed by atoms with Crippen molar-refractivity contribution in [2.45, 2.75) is 13.8 Å². The first-order chi connectivity index (χ1) is 12.8. The molecule has 1 saturated heterocycles. The van der Waals surface area contributed by atoms with E-state index in [1.165, 1.54) is 31.4 Å². The van der Waals surface area contributed by atoms with E-state index in [9.17, 15) is 19.5 Å². The summed E-state index contributed by atoms with van der Waals surface area (Å²) in [6.07, 6.45) is 1.35. The minimum atomic E-state index is -0.796. The molecule has 1 aliphatic heterocycles. The van der Waals surface area contributed by atoms with Gasteiger partial charge in [0.1, 0.15) is 5.57 Å². The van der Waals surface area contributed by atoms with Crippen molar-refractivity contribution >= 4 is 29.6 Å². The molecule has 4 amide bonds. The molecular weight excluding hydrogens is 348 g/mol. The quantitative estimate of drug-likeness (QED) is 0.643. The number of methoxy groups -OCH3 is 1. The largest absolute Gasteiger partial charge is 0.504 e. The maximum atomic E-state index is 12.9. The number of phenolic OH excluding ortho intramolecular Hbond substituents is 1. The van der Waals surface area contributed by atoms with Crippen molar-refractivity contribution in [2.75, 3.05) is 12.0 Å². The highest BCUT2D eigenvalue weighted by Gasteiger charge is 2.36. The van der Waals surface area contributed by atoms with E-state index in [0.717, 1.165) is 16.0 Å². The van der Waals surface area contributed by atoms with Gasteiger partial charge in [-0.3, -0.25) is 14.9 Å². The van der Waals surface area contributed by atoms with Gasteiger partial charge in [-0.05, 0) is 60.9 Å². The summed E-state index contributed by atoms with van der Waals surface area (Å²) in [6, 6.07) is 8.92. The highest BCUT2D eigenvalue weighted by atomic mass is 16.5. The van der Waals surface area contributed by atoms with Gasteiger partial charge in [-0.15, -0.1) is 0 Å². The molecule has 1 heterocycles. The Hall–Kier alpha value is -3.61. The number of nitrogens with one attached hydrogen (secondary N) is 1. The maximum Gasteiger partial charge on any atom is 0.335 e. The molecule has 1 aliphatic rings. The van der Waals surface area contributed by atoms with Gasteiger partial charge in [0, 0.05) is 0 Å². The fourth-order valence-electron chi connectivity index (χ4n) is 2.92. The summed E-state index contributed by atoms with van der Waals surface area (Å²) in [5, 5.41) is 11.9. The highest BCUT2D eigenvalue weighted by molar-refractivity contribution is 6.39. The summed E-state index contributed by atoms with van der Waals surface area (Å²) in [6.45, 7) is 3.71. The number of aromatic hydroxyl groups is 1. The van der Waals surface area contributed by atoms with E-state index in [4.69, 9.17) is 4.74 Å². The number of carbonyl (C=O) groups is 3. The van der Waals surface area contributed by atoms with Gasteiger partial charge in [0.2, 0.25) is 0 Å². The zero-order valence-corrected chi connectivity index (χ0v) is 15.1. The maximum absolute atomic E-state index is 12.9. The molecule has 7 nitrogen and oxygen atoms in total. The number of urea groups is 1. The predicted octanol–water partition coefficient (Wildman–Crippen LogP) is 2.68. The van der Waals surface area contributed by atoms with Crippen LogP contribution in [0.3, 0.4) is 0 Å². The van der Waals surface area contributed by atoms with E-state index >= 15 is 0 Å². The van der Waals surface area contributed by atoms with E-state index in [0.29, 0.717) is 11.3 Å². The summed E-state index contributed by atoms with van der Waals surface area (Å²) in [7, 11) is 1.39. The third kappa shape index (κ3) is 3.52. The van der Waals surface area contributed by atoms with Crippen molar-refractivity contribution in [3.8, 4) is 11.5 Å². The average Bonchev–Trinajstić information content (AvgIpc) is 2.59. The van der Waals surface area contributed by atoms with Crippen LogP contribution in [-0.4, -0.2) is 30.1 Å². The van der Waals surface area contributed by atoms with Crippen LogP contribution < -0.4 is 15.0 Å². The van der Waals surface area contributed by atoms with Crippen molar-refractivity contribution in [2.24, 2.45) is 0 Å². The number of ether oxygens (including phenoxy) is 1. The molecule has 0 atom stereocenters. The first-order valence-electron chi connectivity index (χ1n) is 8.17. The monoisotopic (exact) mass is 366 g/mol. The lowest BCUT2D eigenvalue weighted by Crippen LogP contribution is -2.54. The van der Waals surface area contributed by atoms with Crippen LogP contribution in [0.1, 0.15) is 16.7 Å². The van der Waals surface area contributed by atoms with E-state index in [1.807, 2.05) is 19.9 Å². The van der Waals surface area contributed by atoms with E-state index in [-0.39, 0.29) is 17.1 Å². The second-order valence-electron chi connectivity index (χ2n) is 6.24. The van der Waals surface area contributed by atoms with Gasteiger partial charge in [0.05, 0.1) is 12.8 Å². The number of hydrogen-bond acceptors (Lipinski definition) is 5. The van der Waals surface area contributed by atoms with Gasteiger partial charge in [-0.1, -0.05) is 12.1 Å². The summed E-state index contributed by atoms with van der Waals surface area (Å²) >= 11 is 0. The summed E-state index contributed by atoms with van der Waals surface area (Å²) in [5.74, 6) is -1.36. The molecule has 3 rings (SSSR count). The van der Waals surface area contributed by atoms with Crippen molar-refractivity contribution in [1.29, 1.82) is 0 Å². The lowest BCUT2D eigenvalue weighted by Gasteiger charge is -2.27. The molecule has 0 bridgehead atoms. The predicted molar refractivity (Wildman–Crippen MR) is 99.6 cm³/mol. The van der Waals surface area contributed by atoms with Gasteiger partial charge < -0.3 is 9.84 Å². The fraction of sp³-hybridized carbons (Fsp3) is 0.150. The highest BCUT2D eigenvalue weighted by Crippen LogP contribution is 2.28. The Kier molecular flexibility index (Phi) is 4.68. The lowest BCUT2D eigenvalue weighted by atomic mass is 10.1. The van der Waals surface area contributed by atoms with Gasteiger partial charge >= 0.3 is 6.03 Å². The van der Waals surface area contributed by atoms with Crippen molar-refractivity contribution < 1.29 is 24.2 Å². The van der Waals surface area contributed by atoms with Crippen molar-refractivity contribution in [1.82, 2.24) is 5.32 Å². The summed E-state index contributed by atoms with van der Waals surface area (Å²) < 4.78 is 5.03. The molecule has 27 heavy (non-hydrogen) atoms. The van der Waals surface area contributed by atoms with Crippen LogP contribution in [0.4, 0.5) is 10.5 Å². The number of aryl methyl sites for hydroxylation is 2. The van der Waals surface area contributed by atoms with Crippen LogP contribution in [0.15, 0.2) is 42.0 Å². The first-order valence-corrected chi connectivity index (χ1v) is 8.17. The Morgan fingerprint density at radius 2 is 1.70 bits per heavy atom. The topological polar surface area (TPSA) is 95.9 Å². The third-order valence-electron chi connectivity index (χ3n) is 4.08. The number of amides is 4. The number of hydrogen-bond donors (Lipinski definition) is 2. The van der Waals surface area contributed by atoms with Crippen LogP contribution in [0.2, 0.25) is 0 Å². The summed E-state index contributed by atoms with van der Waals surface area (Å²) in [5.41, 5.74) is 2.43. The SMILES string of the molecule is COc1cc(/C=C2/C(=O)NC(=O)N(c3cc(C)cc(C)c3)C2=O)ccc1O. The van der Waals surface area contributed by atoms with Gasteiger partial charge in [-0.25, -0.2) is 9.69 Å². The Bertz CT molecular complexity index is 974. The number of rotatable bonds is 3. The molecule has 0 saturated carbocycles. The standard InChI is InChI=1S/C20H18N2O5/c1-11-6-12(2)8-14(7-11)22-19(25)15(18(24)21-20(22)26)9-13-4-5-16(23)17(10-13)27-3/h4-10,23H,1-3H3,(H,21,24,26)/b15-9-. The minimum absolute atomic E-state index is 0.0638. The van der Waals surface area contributed by atoms with Gasteiger partial charge in [0.15, 0.2) is 11.5 Å². The Balaban J connectivity index is 2.04. The molecule has 138 valence electrons. The molecule has 7 heteroatoms. The molecule has 2 aromatic carbocycles. The Labute approximate surface area is 155 Å². The number of phenols is 1. The van der Waals surface area contributed by atoms with Gasteiger partial charge in [-0.2, -0.15) is 0 Å². The molecule has 0 aliphatic carbocycles. The number of barbiturate groups is 1. The second-order valence-corrected chi connectivity index (χ2v) is 6.24. The number of imide groups is 2.